The first-order valence-corrected chi connectivity index (χ1v) is 7.13. The van der Waals surface area contributed by atoms with Crippen molar-refractivity contribution in [1.29, 1.82) is 0 Å². The molecule has 8 nitrogen and oxygen atoms in total. The number of esters is 1. The zero-order valence-corrected chi connectivity index (χ0v) is 13.4. The lowest BCUT2D eigenvalue weighted by atomic mass is 10.1. The zero-order valence-electron chi connectivity index (χ0n) is 13.4. The minimum absolute atomic E-state index is 0.00450. The second-order valence-electron chi connectivity index (χ2n) is 5.12. The van der Waals surface area contributed by atoms with E-state index < -0.39 is 30.7 Å². The Labute approximate surface area is 139 Å². The van der Waals surface area contributed by atoms with Gasteiger partial charge in [0.25, 0.3) is 0 Å². The predicted molar refractivity (Wildman–Crippen MR) is 82.3 cm³/mol. The molecule has 1 aromatic rings. The third-order valence-corrected chi connectivity index (χ3v) is 2.90. The maximum atomic E-state index is 11.9. The van der Waals surface area contributed by atoms with E-state index in [2.05, 4.69) is 4.74 Å². The number of amides is 1. The third kappa shape index (κ3) is 6.91. The minimum atomic E-state index is -1.38. The molecule has 1 unspecified atom stereocenters. The van der Waals surface area contributed by atoms with Gasteiger partial charge in [-0.1, -0.05) is 30.3 Å². The Morgan fingerprint density at radius 2 is 1.79 bits per heavy atom. The van der Waals surface area contributed by atoms with Gasteiger partial charge in [-0.3, -0.25) is 9.59 Å². The van der Waals surface area contributed by atoms with Crippen LogP contribution >= 0.6 is 0 Å². The molecule has 0 heterocycles. The van der Waals surface area contributed by atoms with E-state index >= 15 is 0 Å². The quantitative estimate of drug-likeness (QED) is 0.701. The molecule has 0 fully saturated rings. The van der Waals surface area contributed by atoms with Crippen molar-refractivity contribution >= 4 is 23.8 Å². The molecule has 0 bridgehead atoms. The molecule has 0 aromatic heterocycles. The number of hydrogen-bond acceptors (Lipinski definition) is 6. The van der Waals surface area contributed by atoms with Gasteiger partial charge in [-0.25, -0.2) is 9.59 Å². The molecule has 1 aromatic carbocycles. The monoisotopic (exact) mass is 337 g/mol. The molecule has 24 heavy (non-hydrogen) atoms. The normalized spacial score (nSPS) is 11.2. The summed E-state index contributed by atoms with van der Waals surface area (Å²) in [6, 6.07) is 8.70. The molecule has 0 aliphatic carbocycles. The van der Waals surface area contributed by atoms with Crippen molar-refractivity contribution in [2.45, 2.75) is 19.4 Å². The summed E-state index contributed by atoms with van der Waals surface area (Å²) in [4.78, 5) is 46.1. The maximum absolute atomic E-state index is 11.9. The van der Waals surface area contributed by atoms with Crippen LogP contribution in [0.25, 0.3) is 0 Å². The van der Waals surface area contributed by atoms with Crippen LogP contribution in [0.4, 0.5) is 4.79 Å². The summed E-state index contributed by atoms with van der Waals surface area (Å²) in [6.07, 6.45) is -2.35. The van der Waals surface area contributed by atoms with Gasteiger partial charge in [-0.05, 0) is 12.5 Å². The van der Waals surface area contributed by atoms with Gasteiger partial charge in [0, 0.05) is 13.5 Å². The van der Waals surface area contributed by atoms with Gasteiger partial charge in [0.1, 0.15) is 13.2 Å². The molecule has 0 aliphatic rings. The zero-order chi connectivity index (χ0) is 18.1. The highest BCUT2D eigenvalue weighted by molar-refractivity contribution is 5.83. The molecule has 1 N–H and O–H groups in total. The molecule has 8 heteroatoms. The Hall–Kier alpha value is -2.90. The lowest BCUT2D eigenvalue weighted by molar-refractivity contribution is -0.149. The SMILES string of the molecule is CC(=O)COC(=O)CN(C)C(=O)OC(Cc1ccccc1)C(=O)O. The van der Waals surface area contributed by atoms with E-state index in [1.807, 2.05) is 0 Å². The molecule has 0 radical (unpaired) electrons. The van der Waals surface area contributed by atoms with Crippen molar-refractivity contribution in [1.82, 2.24) is 4.90 Å². The molecule has 0 spiro atoms. The van der Waals surface area contributed by atoms with E-state index in [1.54, 1.807) is 30.3 Å². The van der Waals surface area contributed by atoms with Crippen molar-refractivity contribution in [3.8, 4) is 0 Å². The number of carboxylic acids is 1. The second-order valence-corrected chi connectivity index (χ2v) is 5.12. The third-order valence-electron chi connectivity index (χ3n) is 2.90. The van der Waals surface area contributed by atoms with Gasteiger partial charge in [0.05, 0.1) is 0 Å². The standard InChI is InChI=1S/C16H19NO7/c1-11(18)10-23-14(19)9-17(2)16(22)24-13(15(20)21)8-12-6-4-3-5-7-12/h3-7,13H,8-10H2,1-2H3,(H,20,21). The van der Waals surface area contributed by atoms with Crippen LogP contribution in [0, 0.1) is 0 Å². The summed E-state index contributed by atoms with van der Waals surface area (Å²) in [7, 11) is 1.26. The van der Waals surface area contributed by atoms with Crippen LogP contribution in [-0.2, 0) is 30.3 Å². The van der Waals surface area contributed by atoms with Gasteiger partial charge in [0.15, 0.2) is 5.78 Å². The summed E-state index contributed by atoms with van der Waals surface area (Å²) < 4.78 is 9.53. The average molecular weight is 337 g/mol. The summed E-state index contributed by atoms with van der Waals surface area (Å²) in [5.41, 5.74) is 0.696. The van der Waals surface area contributed by atoms with Crippen LogP contribution in [0.1, 0.15) is 12.5 Å². The smallest absolute Gasteiger partial charge is 0.410 e. The number of ketones is 1. The van der Waals surface area contributed by atoms with Crippen LogP contribution in [0.15, 0.2) is 30.3 Å². The van der Waals surface area contributed by atoms with Crippen LogP contribution in [0.2, 0.25) is 0 Å². The van der Waals surface area contributed by atoms with Crippen molar-refractivity contribution in [3.63, 3.8) is 0 Å². The lowest BCUT2D eigenvalue weighted by Crippen LogP contribution is -2.38. The largest absolute Gasteiger partial charge is 0.478 e. The van der Waals surface area contributed by atoms with Gasteiger partial charge < -0.3 is 19.5 Å². The Morgan fingerprint density at radius 1 is 1.17 bits per heavy atom. The highest BCUT2D eigenvalue weighted by Gasteiger charge is 2.25. The van der Waals surface area contributed by atoms with E-state index in [0.717, 1.165) is 4.90 Å². The van der Waals surface area contributed by atoms with Crippen LogP contribution in [0.3, 0.4) is 0 Å². The maximum Gasteiger partial charge on any atom is 0.410 e. The number of carboxylic acid groups (broad SMARTS) is 1. The van der Waals surface area contributed by atoms with E-state index in [1.165, 1.54) is 14.0 Å². The van der Waals surface area contributed by atoms with Gasteiger partial charge >= 0.3 is 18.0 Å². The second kappa shape index (κ2) is 9.29. The Balaban J connectivity index is 2.56. The lowest BCUT2D eigenvalue weighted by Gasteiger charge is -2.19. The van der Waals surface area contributed by atoms with Gasteiger partial charge in [0.2, 0.25) is 6.10 Å². The van der Waals surface area contributed by atoms with E-state index in [4.69, 9.17) is 9.84 Å². The van der Waals surface area contributed by atoms with Crippen LogP contribution < -0.4 is 0 Å². The van der Waals surface area contributed by atoms with E-state index in [9.17, 15) is 19.2 Å². The Morgan fingerprint density at radius 3 is 2.33 bits per heavy atom. The molecule has 130 valence electrons. The number of carbonyl (C=O) groups is 4. The molecule has 1 amide bonds. The number of nitrogens with zero attached hydrogens (tertiary/aromatic N) is 1. The molecule has 1 rings (SSSR count). The molecular weight excluding hydrogens is 318 g/mol. The van der Waals surface area contributed by atoms with Crippen molar-refractivity contribution in [3.05, 3.63) is 35.9 Å². The van der Waals surface area contributed by atoms with Gasteiger partial charge in [-0.2, -0.15) is 0 Å². The van der Waals surface area contributed by atoms with E-state index in [0.29, 0.717) is 5.56 Å². The summed E-state index contributed by atoms with van der Waals surface area (Å²) in [6.45, 7) is 0.420. The first-order valence-electron chi connectivity index (χ1n) is 7.13. The fourth-order valence-electron chi connectivity index (χ4n) is 1.71. The van der Waals surface area contributed by atoms with Crippen LogP contribution in [0.5, 0.6) is 0 Å². The Kier molecular flexibility index (Phi) is 7.41. The van der Waals surface area contributed by atoms with Crippen LogP contribution in [-0.4, -0.2) is 60.1 Å². The number of hydrogen-bond donors (Lipinski definition) is 1. The first kappa shape index (κ1) is 19.1. The molecule has 0 saturated carbocycles. The summed E-state index contributed by atoms with van der Waals surface area (Å²) in [5.74, 6) is -2.42. The van der Waals surface area contributed by atoms with Crippen molar-refractivity contribution < 1.29 is 33.8 Å². The number of likely N-dealkylation sites (N-methyl/N-ethyl adjacent to an activating group) is 1. The molecule has 0 aliphatic heterocycles. The Bertz CT molecular complexity index is 600. The average Bonchev–Trinajstić information content (AvgIpc) is 2.53. The van der Waals surface area contributed by atoms with E-state index in [-0.39, 0.29) is 18.8 Å². The first-order chi connectivity index (χ1) is 11.3. The number of Topliss-reactive ketones (excluding diaryl/α,β-unsaturated/α-hetero) is 1. The van der Waals surface area contributed by atoms with Gasteiger partial charge in [-0.15, -0.1) is 0 Å². The molecular formula is C16H19NO7. The van der Waals surface area contributed by atoms with Crippen molar-refractivity contribution in [2.24, 2.45) is 0 Å². The number of rotatable bonds is 8. The number of benzene rings is 1. The predicted octanol–water partition coefficient (Wildman–Crippen LogP) is 0.883. The fourth-order valence-corrected chi connectivity index (χ4v) is 1.71. The number of aliphatic carboxylic acids is 1. The fraction of sp³-hybridized carbons (Fsp3) is 0.375. The molecule has 0 saturated heterocycles. The summed E-state index contributed by atoms with van der Waals surface area (Å²) in [5, 5.41) is 9.17. The highest BCUT2D eigenvalue weighted by Crippen LogP contribution is 2.08. The number of ether oxygens (including phenoxy) is 2. The highest BCUT2D eigenvalue weighted by atomic mass is 16.6. The molecule has 1 atom stereocenters. The number of carbonyl (C=O) groups excluding carboxylic acids is 3. The van der Waals surface area contributed by atoms with Crippen molar-refractivity contribution in [2.75, 3.05) is 20.2 Å². The topological polar surface area (TPSA) is 110 Å². The minimum Gasteiger partial charge on any atom is -0.478 e. The summed E-state index contributed by atoms with van der Waals surface area (Å²) >= 11 is 0.